The molecule has 0 heterocycles. The van der Waals surface area contributed by atoms with Gasteiger partial charge in [0.2, 0.25) is 0 Å². The minimum absolute atomic E-state index is 0.133. The number of aryl methyl sites for hydroxylation is 1. The van der Waals surface area contributed by atoms with E-state index in [0.29, 0.717) is 22.6 Å². The lowest BCUT2D eigenvalue weighted by Crippen LogP contribution is -2.18. The summed E-state index contributed by atoms with van der Waals surface area (Å²) in [6, 6.07) is 32.1. The number of carbonyl (C=O) groups is 2. The predicted octanol–water partition coefficient (Wildman–Crippen LogP) is 5.93. The highest BCUT2D eigenvalue weighted by molar-refractivity contribution is 7.92. The van der Waals surface area contributed by atoms with Gasteiger partial charge in [0, 0.05) is 16.8 Å². The average Bonchev–Trinajstić information content (AvgIpc) is 2.98. The maximum atomic E-state index is 12.8. The second-order valence-corrected chi connectivity index (χ2v) is 10.8. The lowest BCUT2D eigenvalue weighted by atomic mass is 10.0. The molecule has 204 valence electrons. The van der Waals surface area contributed by atoms with Crippen LogP contribution in [0.2, 0.25) is 0 Å². The number of nitrogens with zero attached hydrogens (tertiary/aromatic N) is 1. The molecule has 0 aliphatic heterocycles. The number of sulfonamides is 1. The van der Waals surface area contributed by atoms with Gasteiger partial charge >= 0.3 is 5.97 Å². The summed E-state index contributed by atoms with van der Waals surface area (Å²) < 4.78 is 33.3. The van der Waals surface area contributed by atoms with Crippen LogP contribution < -0.4 is 14.9 Å². The van der Waals surface area contributed by atoms with Crippen LogP contribution in [0.15, 0.2) is 125 Å². The molecule has 0 spiro atoms. The highest BCUT2D eigenvalue weighted by atomic mass is 32.2. The number of hydrogen-bond acceptors (Lipinski definition) is 6. The third kappa shape index (κ3) is 6.48. The molecule has 2 N–H and O–H groups in total. The van der Waals surface area contributed by atoms with Crippen LogP contribution >= 0.6 is 0 Å². The maximum absolute atomic E-state index is 12.8. The van der Waals surface area contributed by atoms with E-state index < -0.39 is 21.9 Å². The molecule has 0 atom stereocenters. The van der Waals surface area contributed by atoms with Crippen molar-refractivity contribution in [1.29, 1.82) is 0 Å². The molecule has 5 aromatic carbocycles. The van der Waals surface area contributed by atoms with Crippen molar-refractivity contribution in [2.45, 2.75) is 11.8 Å². The van der Waals surface area contributed by atoms with E-state index in [2.05, 4.69) is 15.2 Å². The van der Waals surface area contributed by atoms with Crippen molar-refractivity contribution in [1.82, 2.24) is 5.43 Å². The Morgan fingerprint density at radius 1 is 0.780 bits per heavy atom. The largest absolute Gasteiger partial charge is 0.422 e. The van der Waals surface area contributed by atoms with Crippen LogP contribution in [0.4, 0.5) is 5.69 Å². The number of nitrogens with one attached hydrogen (secondary N) is 2. The summed E-state index contributed by atoms with van der Waals surface area (Å²) in [7, 11) is -3.75. The fraction of sp³-hybridized carbons (Fsp3) is 0.0312. The molecule has 0 saturated heterocycles. The van der Waals surface area contributed by atoms with Gasteiger partial charge in [-0.2, -0.15) is 5.10 Å². The van der Waals surface area contributed by atoms with E-state index in [9.17, 15) is 18.0 Å². The van der Waals surface area contributed by atoms with Gasteiger partial charge in [-0.05, 0) is 72.3 Å². The zero-order valence-electron chi connectivity index (χ0n) is 21.9. The van der Waals surface area contributed by atoms with Crippen LogP contribution in [0, 0.1) is 6.92 Å². The first-order chi connectivity index (χ1) is 19.8. The zero-order chi connectivity index (χ0) is 28.8. The van der Waals surface area contributed by atoms with Crippen molar-refractivity contribution >= 4 is 44.6 Å². The van der Waals surface area contributed by atoms with E-state index in [0.717, 1.165) is 16.3 Å². The molecule has 0 saturated carbocycles. The van der Waals surface area contributed by atoms with Crippen LogP contribution in [0.3, 0.4) is 0 Å². The normalized spacial score (nSPS) is 11.3. The second-order valence-electron chi connectivity index (χ2n) is 9.15. The number of benzene rings is 5. The number of esters is 1. The van der Waals surface area contributed by atoms with Gasteiger partial charge in [0.1, 0.15) is 5.75 Å². The molecule has 0 aliphatic carbocycles. The van der Waals surface area contributed by atoms with E-state index >= 15 is 0 Å². The van der Waals surface area contributed by atoms with Gasteiger partial charge in [0.05, 0.1) is 16.7 Å². The predicted molar refractivity (Wildman–Crippen MR) is 159 cm³/mol. The van der Waals surface area contributed by atoms with Gasteiger partial charge in [-0.25, -0.2) is 18.6 Å². The smallest absolute Gasteiger partial charge is 0.343 e. The van der Waals surface area contributed by atoms with E-state index in [1.165, 1.54) is 42.6 Å². The molecule has 0 radical (unpaired) electrons. The first kappa shape index (κ1) is 27.3. The van der Waals surface area contributed by atoms with Crippen molar-refractivity contribution in [2.75, 3.05) is 4.72 Å². The number of carbonyl (C=O) groups excluding carboxylic acids is 2. The lowest BCUT2D eigenvalue weighted by Gasteiger charge is -2.11. The Morgan fingerprint density at radius 2 is 1.51 bits per heavy atom. The molecule has 0 unspecified atom stereocenters. The first-order valence-electron chi connectivity index (χ1n) is 12.6. The molecule has 0 fully saturated rings. The summed E-state index contributed by atoms with van der Waals surface area (Å²) in [5.74, 6) is -0.717. The van der Waals surface area contributed by atoms with Gasteiger partial charge in [-0.15, -0.1) is 0 Å². The fourth-order valence-electron chi connectivity index (χ4n) is 4.15. The number of amides is 1. The summed E-state index contributed by atoms with van der Waals surface area (Å²) in [5, 5.41) is 5.81. The van der Waals surface area contributed by atoms with E-state index in [1.54, 1.807) is 42.5 Å². The SMILES string of the molecule is Cc1cccc(C(=O)Oc2ccc3ccccc3c2/C=N/NC(=O)c2ccc(NS(=O)(=O)c3ccccc3)cc2)c1. The number of anilines is 1. The highest BCUT2D eigenvalue weighted by Gasteiger charge is 2.15. The maximum Gasteiger partial charge on any atom is 0.343 e. The Morgan fingerprint density at radius 3 is 2.27 bits per heavy atom. The Labute approximate surface area is 237 Å². The molecular formula is C32H25N3O5S. The van der Waals surface area contributed by atoms with Gasteiger partial charge in [-0.1, -0.05) is 66.2 Å². The summed E-state index contributed by atoms with van der Waals surface area (Å²) in [6.45, 7) is 1.89. The molecule has 5 aromatic rings. The van der Waals surface area contributed by atoms with Gasteiger partial charge in [0.25, 0.3) is 15.9 Å². The Bertz CT molecular complexity index is 1870. The van der Waals surface area contributed by atoms with Gasteiger partial charge < -0.3 is 4.74 Å². The Balaban J connectivity index is 1.32. The van der Waals surface area contributed by atoms with E-state index in [-0.39, 0.29) is 10.5 Å². The molecule has 41 heavy (non-hydrogen) atoms. The van der Waals surface area contributed by atoms with Crippen molar-refractivity contribution in [3.63, 3.8) is 0 Å². The van der Waals surface area contributed by atoms with Crippen molar-refractivity contribution in [3.05, 3.63) is 138 Å². The number of rotatable bonds is 8. The third-order valence-electron chi connectivity index (χ3n) is 6.20. The van der Waals surface area contributed by atoms with Crippen LogP contribution in [-0.4, -0.2) is 26.5 Å². The summed E-state index contributed by atoms with van der Waals surface area (Å²) in [6.07, 6.45) is 1.43. The quantitative estimate of drug-likeness (QED) is 0.105. The summed E-state index contributed by atoms with van der Waals surface area (Å²) >= 11 is 0. The zero-order valence-corrected chi connectivity index (χ0v) is 22.8. The molecule has 1 amide bonds. The summed E-state index contributed by atoms with van der Waals surface area (Å²) in [5.41, 5.74) is 4.94. The van der Waals surface area contributed by atoms with Crippen molar-refractivity contribution in [2.24, 2.45) is 5.10 Å². The first-order valence-corrected chi connectivity index (χ1v) is 14.1. The number of hydrazone groups is 1. The van der Waals surface area contributed by atoms with Crippen LogP contribution in [-0.2, 0) is 10.0 Å². The van der Waals surface area contributed by atoms with Crippen LogP contribution in [0.25, 0.3) is 10.8 Å². The van der Waals surface area contributed by atoms with Gasteiger partial charge in [0.15, 0.2) is 0 Å². The lowest BCUT2D eigenvalue weighted by molar-refractivity contribution is 0.0734. The average molecular weight is 564 g/mol. The minimum Gasteiger partial charge on any atom is -0.422 e. The molecule has 0 aliphatic rings. The summed E-state index contributed by atoms with van der Waals surface area (Å²) in [4.78, 5) is 25.7. The molecule has 0 aromatic heterocycles. The molecular weight excluding hydrogens is 538 g/mol. The van der Waals surface area contributed by atoms with E-state index in [1.807, 2.05) is 43.3 Å². The monoisotopic (exact) mass is 563 g/mol. The molecule has 0 bridgehead atoms. The van der Waals surface area contributed by atoms with Crippen LogP contribution in [0.1, 0.15) is 31.8 Å². The molecule has 8 nitrogen and oxygen atoms in total. The topological polar surface area (TPSA) is 114 Å². The molecule has 5 rings (SSSR count). The highest BCUT2D eigenvalue weighted by Crippen LogP contribution is 2.27. The number of hydrogen-bond donors (Lipinski definition) is 2. The Kier molecular flexibility index (Phi) is 7.89. The number of ether oxygens (including phenoxy) is 1. The standard InChI is InChI=1S/C32H25N3O5S/c1-22-8-7-10-25(20-22)32(37)40-30-19-16-23-9-5-6-13-28(23)29(30)21-33-34-31(36)24-14-17-26(18-15-24)35-41(38,39)27-11-3-2-4-12-27/h2-21,35H,1H3,(H,34,36)/b33-21+. The van der Waals surface area contributed by atoms with Gasteiger partial charge in [-0.3, -0.25) is 9.52 Å². The fourth-order valence-corrected chi connectivity index (χ4v) is 5.23. The number of fused-ring (bicyclic) bond motifs is 1. The van der Waals surface area contributed by atoms with Crippen LogP contribution in [0.5, 0.6) is 5.75 Å². The van der Waals surface area contributed by atoms with E-state index in [4.69, 9.17) is 4.74 Å². The minimum atomic E-state index is -3.75. The van der Waals surface area contributed by atoms with Crippen molar-refractivity contribution in [3.8, 4) is 5.75 Å². The second kappa shape index (κ2) is 11.8. The molecule has 9 heteroatoms. The third-order valence-corrected chi connectivity index (χ3v) is 7.60. The van der Waals surface area contributed by atoms with Crippen molar-refractivity contribution < 1.29 is 22.7 Å². The Hall–Kier alpha value is -5.28.